The Morgan fingerprint density at radius 1 is 1.40 bits per heavy atom. The number of carboxylic acid groups (broad SMARTS) is 1. The Hall–Kier alpha value is -1.64. The Morgan fingerprint density at radius 2 is 2.20 bits per heavy atom. The minimum absolute atomic E-state index is 0.533. The van der Waals surface area contributed by atoms with E-state index >= 15 is 0 Å². The molecule has 15 heavy (non-hydrogen) atoms. The summed E-state index contributed by atoms with van der Waals surface area (Å²) in [7, 11) is 0. The molecule has 77 valence electrons. The van der Waals surface area contributed by atoms with E-state index in [2.05, 4.69) is 11.2 Å². The molecule has 0 saturated carbocycles. The van der Waals surface area contributed by atoms with Crippen LogP contribution < -0.4 is 0 Å². The topological polar surface area (TPSA) is 50.2 Å². The SMILES string of the molecule is O=C(O)C1=C(c2[c]nccc2)CCCC1. The van der Waals surface area contributed by atoms with Gasteiger partial charge < -0.3 is 5.11 Å². The molecule has 0 unspecified atom stereocenters. The number of carboxylic acids is 1. The fourth-order valence-electron chi connectivity index (χ4n) is 1.93. The van der Waals surface area contributed by atoms with Crippen LogP contribution in [0.1, 0.15) is 31.2 Å². The number of hydrogen-bond acceptors (Lipinski definition) is 2. The van der Waals surface area contributed by atoms with Crippen LogP contribution in [-0.4, -0.2) is 16.1 Å². The second-order valence-electron chi connectivity index (χ2n) is 3.63. The van der Waals surface area contributed by atoms with Crippen molar-refractivity contribution < 1.29 is 9.90 Å². The van der Waals surface area contributed by atoms with E-state index in [0.717, 1.165) is 30.4 Å². The van der Waals surface area contributed by atoms with Crippen molar-refractivity contribution in [1.29, 1.82) is 0 Å². The van der Waals surface area contributed by atoms with E-state index in [4.69, 9.17) is 5.11 Å². The molecule has 0 spiro atoms. The van der Waals surface area contributed by atoms with E-state index in [9.17, 15) is 4.79 Å². The maximum atomic E-state index is 11.0. The maximum absolute atomic E-state index is 11.0. The van der Waals surface area contributed by atoms with Crippen LogP contribution in [0.4, 0.5) is 0 Å². The molecule has 1 aromatic rings. The normalized spacial score (nSPS) is 16.5. The molecule has 0 amide bonds. The highest BCUT2D eigenvalue weighted by Crippen LogP contribution is 2.31. The third kappa shape index (κ3) is 2.06. The number of hydrogen-bond donors (Lipinski definition) is 1. The van der Waals surface area contributed by atoms with Crippen LogP contribution in [0.5, 0.6) is 0 Å². The van der Waals surface area contributed by atoms with E-state index in [1.165, 1.54) is 0 Å². The van der Waals surface area contributed by atoms with Crippen molar-refractivity contribution in [3.8, 4) is 0 Å². The first kappa shape index (κ1) is 9.90. The molecule has 3 nitrogen and oxygen atoms in total. The molecular formula is C12H12NO2. The van der Waals surface area contributed by atoms with Crippen molar-refractivity contribution in [2.45, 2.75) is 25.7 Å². The molecule has 3 heteroatoms. The molecule has 1 heterocycles. The second kappa shape index (κ2) is 4.26. The minimum Gasteiger partial charge on any atom is -0.478 e. The van der Waals surface area contributed by atoms with Crippen LogP contribution in [0.25, 0.3) is 5.57 Å². The summed E-state index contributed by atoms with van der Waals surface area (Å²) in [6, 6.07) is 3.68. The summed E-state index contributed by atoms with van der Waals surface area (Å²) in [5.41, 5.74) is 2.27. The third-order valence-electron chi connectivity index (χ3n) is 2.66. The minimum atomic E-state index is -0.804. The van der Waals surface area contributed by atoms with Crippen LogP contribution in [0, 0.1) is 6.20 Å². The van der Waals surface area contributed by atoms with Crippen molar-refractivity contribution in [1.82, 2.24) is 4.98 Å². The Balaban J connectivity index is 2.44. The lowest BCUT2D eigenvalue weighted by Crippen LogP contribution is -2.08. The van der Waals surface area contributed by atoms with Gasteiger partial charge in [-0.15, -0.1) is 0 Å². The number of nitrogens with zero attached hydrogens (tertiary/aromatic N) is 1. The Kier molecular flexibility index (Phi) is 2.81. The van der Waals surface area contributed by atoms with Gasteiger partial charge in [-0.05, 0) is 37.3 Å². The molecule has 0 fully saturated rings. The van der Waals surface area contributed by atoms with E-state index in [0.29, 0.717) is 12.0 Å². The molecule has 0 aliphatic heterocycles. The quantitative estimate of drug-likeness (QED) is 0.800. The zero-order valence-corrected chi connectivity index (χ0v) is 8.36. The fraction of sp³-hybridized carbons (Fsp3) is 0.333. The number of carbonyl (C=O) groups is 1. The first-order valence-electron chi connectivity index (χ1n) is 5.07. The van der Waals surface area contributed by atoms with Gasteiger partial charge in [-0.3, -0.25) is 4.98 Å². The van der Waals surface area contributed by atoms with Crippen molar-refractivity contribution in [2.24, 2.45) is 0 Å². The highest BCUT2D eigenvalue weighted by molar-refractivity contribution is 5.96. The van der Waals surface area contributed by atoms with Gasteiger partial charge >= 0.3 is 5.97 Å². The van der Waals surface area contributed by atoms with Crippen molar-refractivity contribution in [3.05, 3.63) is 35.7 Å². The Morgan fingerprint density at radius 3 is 2.87 bits per heavy atom. The number of aliphatic carboxylic acids is 1. The van der Waals surface area contributed by atoms with E-state index < -0.39 is 5.97 Å². The molecule has 1 aliphatic carbocycles. The molecular weight excluding hydrogens is 190 g/mol. The average molecular weight is 202 g/mol. The van der Waals surface area contributed by atoms with E-state index in [-0.39, 0.29) is 0 Å². The van der Waals surface area contributed by atoms with Crippen molar-refractivity contribution in [2.75, 3.05) is 0 Å². The number of aromatic nitrogens is 1. The van der Waals surface area contributed by atoms with Crippen LogP contribution in [0.2, 0.25) is 0 Å². The van der Waals surface area contributed by atoms with Crippen molar-refractivity contribution >= 4 is 11.5 Å². The molecule has 2 rings (SSSR count). The summed E-state index contributed by atoms with van der Waals surface area (Å²) in [4.78, 5) is 14.9. The summed E-state index contributed by atoms with van der Waals surface area (Å²) >= 11 is 0. The number of allylic oxidation sites excluding steroid dienone is 1. The van der Waals surface area contributed by atoms with Gasteiger partial charge in [0.1, 0.15) is 0 Å². The van der Waals surface area contributed by atoms with Crippen molar-refractivity contribution in [3.63, 3.8) is 0 Å². The maximum Gasteiger partial charge on any atom is 0.331 e. The smallest absolute Gasteiger partial charge is 0.331 e. The fourth-order valence-corrected chi connectivity index (χ4v) is 1.93. The van der Waals surface area contributed by atoms with Crippen LogP contribution in [-0.2, 0) is 4.79 Å². The monoisotopic (exact) mass is 202 g/mol. The average Bonchev–Trinajstić information content (AvgIpc) is 2.30. The zero-order chi connectivity index (χ0) is 10.7. The van der Waals surface area contributed by atoms with Gasteiger partial charge in [-0.25, -0.2) is 4.79 Å². The third-order valence-corrected chi connectivity index (χ3v) is 2.66. The van der Waals surface area contributed by atoms with Crippen LogP contribution in [0.15, 0.2) is 23.9 Å². The Bertz CT molecular complexity index is 395. The van der Waals surface area contributed by atoms with Crippen LogP contribution in [0.3, 0.4) is 0 Å². The highest BCUT2D eigenvalue weighted by Gasteiger charge is 2.19. The second-order valence-corrected chi connectivity index (χ2v) is 3.63. The molecule has 1 N–H and O–H groups in total. The summed E-state index contributed by atoms with van der Waals surface area (Å²) in [5.74, 6) is -0.804. The van der Waals surface area contributed by atoms with Gasteiger partial charge in [-0.1, -0.05) is 6.07 Å². The lowest BCUT2D eigenvalue weighted by atomic mass is 9.88. The molecule has 1 radical (unpaired) electrons. The first-order chi connectivity index (χ1) is 7.29. The van der Waals surface area contributed by atoms with Gasteiger partial charge in [0, 0.05) is 17.3 Å². The van der Waals surface area contributed by atoms with Crippen LogP contribution >= 0.6 is 0 Å². The van der Waals surface area contributed by atoms with Gasteiger partial charge in [0.25, 0.3) is 0 Å². The standard InChI is InChI=1S/C12H12NO2/c14-12(15)11-6-2-1-5-10(11)9-4-3-7-13-8-9/h3-4,7H,1-2,5-6H2,(H,14,15). The van der Waals surface area contributed by atoms with E-state index in [1.54, 1.807) is 6.20 Å². The molecule has 0 saturated heterocycles. The number of rotatable bonds is 2. The molecule has 0 bridgehead atoms. The highest BCUT2D eigenvalue weighted by atomic mass is 16.4. The van der Waals surface area contributed by atoms with Gasteiger partial charge in [0.2, 0.25) is 0 Å². The lowest BCUT2D eigenvalue weighted by Gasteiger charge is -2.17. The first-order valence-corrected chi connectivity index (χ1v) is 5.07. The summed E-state index contributed by atoms with van der Waals surface area (Å²) in [6.07, 6.45) is 8.00. The molecule has 1 aromatic heterocycles. The predicted octanol–water partition coefficient (Wildman–Crippen LogP) is 2.29. The summed E-state index contributed by atoms with van der Waals surface area (Å²) in [5, 5.41) is 9.08. The Labute approximate surface area is 88.5 Å². The molecule has 0 aromatic carbocycles. The lowest BCUT2D eigenvalue weighted by molar-refractivity contribution is -0.132. The van der Waals surface area contributed by atoms with Gasteiger partial charge in [0.15, 0.2) is 0 Å². The van der Waals surface area contributed by atoms with Gasteiger partial charge in [0.05, 0.1) is 6.20 Å². The zero-order valence-electron chi connectivity index (χ0n) is 8.36. The summed E-state index contributed by atoms with van der Waals surface area (Å²) < 4.78 is 0. The van der Waals surface area contributed by atoms with Gasteiger partial charge in [-0.2, -0.15) is 0 Å². The summed E-state index contributed by atoms with van der Waals surface area (Å²) in [6.45, 7) is 0. The largest absolute Gasteiger partial charge is 0.478 e. The molecule has 1 aliphatic rings. The number of pyridine rings is 1. The molecule has 0 atom stereocenters. The van der Waals surface area contributed by atoms with E-state index in [1.807, 2.05) is 12.1 Å². The predicted molar refractivity (Wildman–Crippen MR) is 56.1 cm³/mol.